The zero-order valence-corrected chi connectivity index (χ0v) is 11.9. The molecule has 0 unspecified atom stereocenters. The maximum absolute atomic E-state index is 5.80. The summed E-state index contributed by atoms with van der Waals surface area (Å²) >= 11 is 0. The van der Waals surface area contributed by atoms with Gasteiger partial charge in [-0.2, -0.15) is 0 Å². The lowest BCUT2D eigenvalue weighted by Crippen LogP contribution is -2.27. The lowest BCUT2D eigenvalue weighted by molar-refractivity contribution is -0.204. The number of ether oxygens (including phenoxy) is 4. The summed E-state index contributed by atoms with van der Waals surface area (Å²) in [6.45, 7) is 8.85. The predicted molar refractivity (Wildman–Crippen MR) is 73.9 cm³/mol. The molecule has 3 atom stereocenters. The predicted octanol–water partition coefficient (Wildman–Crippen LogP) is 2.64. The maximum atomic E-state index is 5.80. The van der Waals surface area contributed by atoms with Gasteiger partial charge in [-0.05, 0) is 25.0 Å². The van der Waals surface area contributed by atoms with Gasteiger partial charge in [-0.3, -0.25) is 0 Å². The summed E-state index contributed by atoms with van der Waals surface area (Å²) in [5, 5.41) is 0. The molecule has 2 aliphatic heterocycles. The van der Waals surface area contributed by atoms with Crippen LogP contribution in [0.15, 0.2) is 42.5 Å². The van der Waals surface area contributed by atoms with Gasteiger partial charge in [0.1, 0.15) is 12.2 Å². The Hall–Kier alpha value is -1.20. The summed E-state index contributed by atoms with van der Waals surface area (Å²) in [5.41, 5.74) is 2.04. The van der Waals surface area contributed by atoms with E-state index in [2.05, 4.69) is 6.58 Å². The van der Waals surface area contributed by atoms with E-state index in [1.54, 1.807) is 0 Å². The lowest BCUT2D eigenvalue weighted by Gasteiger charge is -2.21. The molecule has 3 rings (SSSR count). The van der Waals surface area contributed by atoms with Crippen LogP contribution in [-0.2, 0) is 25.6 Å². The van der Waals surface area contributed by atoms with Gasteiger partial charge in [0, 0.05) is 0 Å². The van der Waals surface area contributed by atoms with Gasteiger partial charge >= 0.3 is 0 Å². The standard InChI is InChI=1S/C16H20O4/c1-11-13(10-17-9-12-7-5-4-6-8-12)18-15-14(11)19-16(2,3)20-15/h4-8,13-15H,1,9-10H2,2-3H3/t13-,14+,15+/m0/s1. The number of hydrogen-bond acceptors (Lipinski definition) is 4. The fraction of sp³-hybridized carbons (Fsp3) is 0.500. The molecule has 0 spiro atoms. The van der Waals surface area contributed by atoms with Crippen molar-refractivity contribution in [1.29, 1.82) is 0 Å². The Balaban J connectivity index is 1.50. The molecular weight excluding hydrogens is 256 g/mol. The molecule has 2 fully saturated rings. The fourth-order valence-electron chi connectivity index (χ4n) is 2.52. The van der Waals surface area contributed by atoms with Crippen molar-refractivity contribution >= 4 is 0 Å². The molecule has 0 aromatic heterocycles. The van der Waals surface area contributed by atoms with E-state index in [-0.39, 0.29) is 18.5 Å². The smallest absolute Gasteiger partial charge is 0.191 e. The Morgan fingerprint density at radius 3 is 2.65 bits per heavy atom. The van der Waals surface area contributed by atoms with Crippen molar-refractivity contribution in [3.63, 3.8) is 0 Å². The summed E-state index contributed by atoms with van der Waals surface area (Å²) in [6, 6.07) is 10.1. The van der Waals surface area contributed by atoms with Crippen LogP contribution in [0.2, 0.25) is 0 Å². The zero-order valence-electron chi connectivity index (χ0n) is 11.9. The summed E-state index contributed by atoms with van der Waals surface area (Å²) in [6.07, 6.45) is -0.706. The van der Waals surface area contributed by atoms with Crippen LogP contribution in [0.1, 0.15) is 19.4 Å². The second kappa shape index (κ2) is 5.30. The lowest BCUT2D eigenvalue weighted by atomic mass is 10.1. The Labute approximate surface area is 119 Å². The Bertz CT molecular complexity index is 483. The molecule has 4 heteroatoms. The van der Waals surface area contributed by atoms with Crippen molar-refractivity contribution in [2.45, 2.75) is 44.7 Å². The monoisotopic (exact) mass is 276 g/mol. The minimum Gasteiger partial charge on any atom is -0.374 e. The molecule has 0 saturated carbocycles. The average molecular weight is 276 g/mol. The third-order valence-electron chi connectivity index (χ3n) is 3.52. The van der Waals surface area contributed by atoms with Gasteiger partial charge in [-0.1, -0.05) is 36.9 Å². The molecule has 1 aromatic rings. The first-order chi connectivity index (χ1) is 9.55. The van der Waals surface area contributed by atoms with E-state index in [1.165, 1.54) is 0 Å². The highest BCUT2D eigenvalue weighted by atomic mass is 16.8. The SMILES string of the molecule is C=C1[C@H](COCc2ccccc2)O[C@@H]2OC(C)(C)O[C@H]12. The van der Waals surface area contributed by atoms with Gasteiger partial charge in [0.15, 0.2) is 12.1 Å². The van der Waals surface area contributed by atoms with Crippen LogP contribution < -0.4 is 0 Å². The van der Waals surface area contributed by atoms with Crippen molar-refractivity contribution in [2.75, 3.05) is 6.61 Å². The molecule has 0 aliphatic carbocycles. The molecule has 0 bridgehead atoms. The largest absolute Gasteiger partial charge is 0.374 e. The van der Waals surface area contributed by atoms with Crippen molar-refractivity contribution in [2.24, 2.45) is 0 Å². The van der Waals surface area contributed by atoms with Gasteiger partial charge in [0.2, 0.25) is 0 Å². The first-order valence-corrected chi connectivity index (χ1v) is 6.87. The molecule has 0 radical (unpaired) electrons. The third-order valence-corrected chi connectivity index (χ3v) is 3.52. The maximum Gasteiger partial charge on any atom is 0.191 e. The minimum atomic E-state index is -0.603. The molecule has 0 amide bonds. The molecule has 0 N–H and O–H groups in total. The van der Waals surface area contributed by atoms with Crippen molar-refractivity contribution in [3.05, 3.63) is 48.0 Å². The van der Waals surface area contributed by atoms with E-state index in [9.17, 15) is 0 Å². The molecule has 20 heavy (non-hydrogen) atoms. The molecule has 2 heterocycles. The molecule has 1 aromatic carbocycles. The summed E-state index contributed by atoms with van der Waals surface area (Å²) in [7, 11) is 0. The number of fused-ring (bicyclic) bond motifs is 1. The Morgan fingerprint density at radius 2 is 1.95 bits per heavy atom. The Kier molecular flexibility index (Phi) is 3.65. The van der Waals surface area contributed by atoms with Crippen molar-refractivity contribution in [1.82, 2.24) is 0 Å². The minimum absolute atomic E-state index is 0.162. The quantitative estimate of drug-likeness (QED) is 0.792. The van der Waals surface area contributed by atoms with E-state index >= 15 is 0 Å². The summed E-state index contributed by atoms with van der Waals surface area (Å²) in [5.74, 6) is -0.603. The molecule has 2 aliphatic rings. The van der Waals surface area contributed by atoms with E-state index in [4.69, 9.17) is 18.9 Å². The molecule has 4 nitrogen and oxygen atoms in total. The van der Waals surface area contributed by atoms with E-state index < -0.39 is 5.79 Å². The topological polar surface area (TPSA) is 36.9 Å². The van der Waals surface area contributed by atoms with Gasteiger partial charge < -0.3 is 18.9 Å². The van der Waals surface area contributed by atoms with Gasteiger partial charge in [0.25, 0.3) is 0 Å². The average Bonchev–Trinajstić information content (AvgIpc) is 2.86. The van der Waals surface area contributed by atoms with E-state index in [0.717, 1.165) is 11.1 Å². The van der Waals surface area contributed by atoms with Crippen LogP contribution >= 0.6 is 0 Å². The molecule has 2 saturated heterocycles. The van der Waals surface area contributed by atoms with Crippen LogP contribution in [-0.4, -0.2) is 30.9 Å². The van der Waals surface area contributed by atoms with Gasteiger partial charge in [-0.15, -0.1) is 0 Å². The van der Waals surface area contributed by atoms with Crippen LogP contribution in [0.25, 0.3) is 0 Å². The third kappa shape index (κ3) is 2.79. The molecule has 108 valence electrons. The number of hydrogen-bond donors (Lipinski definition) is 0. The van der Waals surface area contributed by atoms with E-state index in [1.807, 2.05) is 44.2 Å². The normalized spacial score (nSPS) is 31.5. The number of rotatable bonds is 4. The van der Waals surface area contributed by atoms with Gasteiger partial charge in [0.05, 0.1) is 13.2 Å². The van der Waals surface area contributed by atoms with E-state index in [0.29, 0.717) is 13.2 Å². The van der Waals surface area contributed by atoms with Crippen LogP contribution in [0.4, 0.5) is 0 Å². The van der Waals surface area contributed by atoms with Crippen LogP contribution in [0, 0.1) is 0 Å². The van der Waals surface area contributed by atoms with Crippen molar-refractivity contribution in [3.8, 4) is 0 Å². The molecular formula is C16H20O4. The highest BCUT2D eigenvalue weighted by Gasteiger charge is 2.50. The number of benzene rings is 1. The summed E-state index contributed by atoms with van der Waals surface area (Å²) < 4.78 is 22.9. The fourth-order valence-corrected chi connectivity index (χ4v) is 2.52. The van der Waals surface area contributed by atoms with Crippen LogP contribution in [0.3, 0.4) is 0 Å². The first kappa shape index (κ1) is 13.8. The zero-order chi connectivity index (χ0) is 14.2. The second-order valence-electron chi connectivity index (χ2n) is 5.62. The van der Waals surface area contributed by atoms with Crippen molar-refractivity contribution < 1.29 is 18.9 Å². The first-order valence-electron chi connectivity index (χ1n) is 6.87. The van der Waals surface area contributed by atoms with Crippen LogP contribution in [0.5, 0.6) is 0 Å². The Morgan fingerprint density at radius 1 is 1.20 bits per heavy atom. The highest BCUT2D eigenvalue weighted by Crippen LogP contribution is 2.39. The van der Waals surface area contributed by atoms with Gasteiger partial charge in [-0.25, -0.2) is 0 Å². The second-order valence-corrected chi connectivity index (χ2v) is 5.62. The highest BCUT2D eigenvalue weighted by molar-refractivity contribution is 5.18. The summed E-state index contributed by atoms with van der Waals surface area (Å²) in [4.78, 5) is 0.